The van der Waals surface area contributed by atoms with Crippen LogP contribution in [-0.4, -0.2) is 11.6 Å². The molecule has 2 aromatic carbocycles. The summed E-state index contributed by atoms with van der Waals surface area (Å²) in [6.45, 7) is 1.67. The molecule has 2 aliphatic heterocycles. The van der Waals surface area contributed by atoms with E-state index in [2.05, 4.69) is 15.8 Å². The molecule has 2 heterocycles. The molecule has 0 bridgehead atoms. The number of hydrazone groups is 1. The highest BCUT2D eigenvalue weighted by Gasteiger charge is 2.50. The molecule has 4 nitrogen and oxygen atoms in total. The van der Waals surface area contributed by atoms with Gasteiger partial charge in [-0.2, -0.15) is 5.10 Å². The van der Waals surface area contributed by atoms with Gasteiger partial charge in [-0.25, -0.2) is 8.78 Å². The quantitative estimate of drug-likeness (QED) is 0.850. The van der Waals surface area contributed by atoms with E-state index >= 15 is 0 Å². The van der Waals surface area contributed by atoms with Gasteiger partial charge in [-0.3, -0.25) is 10.2 Å². The number of benzene rings is 2. The van der Waals surface area contributed by atoms with E-state index in [0.29, 0.717) is 22.5 Å². The van der Waals surface area contributed by atoms with Crippen LogP contribution in [0.1, 0.15) is 23.1 Å². The third kappa shape index (κ3) is 1.94. The van der Waals surface area contributed by atoms with Crippen molar-refractivity contribution in [1.29, 1.82) is 0 Å². The number of aryl methyl sites for hydroxylation is 1. The molecule has 1 amide bonds. The highest BCUT2D eigenvalue weighted by atomic mass is 19.1. The van der Waals surface area contributed by atoms with Crippen LogP contribution >= 0.6 is 0 Å². The van der Waals surface area contributed by atoms with Gasteiger partial charge in [-0.05, 0) is 48.4 Å². The number of hydrogen-bond acceptors (Lipinski definition) is 3. The van der Waals surface area contributed by atoms with Crippen molar-refractivity contribution in [2.75, 3.05) is 5.32 Å². The predicted octanol–water partition coefficient (Wildman–Crippen LogP) is 2.82. The van der Waals surface area contributed by atoms with E-state index in [1.54, 1.807) is 25.1 Å². The van der Waals surface area contributed by atoms with E-state index in [-0.39, 0.29) is 18.1 Å². The van der Waals surface area contributed by atoms with Crippen LogP contribution in [0.25, 0.3) is 0 Å². The lowest BCUT2D eigenvalue weighted by Crippen LogP contribution is -2.42. The van der Waals surface area contributed by atoms with Gasteiger partial charge in [-0.15, -0.1) is 0 Å². The van der Waals surface area contributed by atoms with Crippen LogP contribution in [0, 0.1) is 18.6 Å². The summed E-state index contributed by atoms with van der Waals surface area (Å²) in [5, 5.41) is 7.00. The standard InChI is InChI=1S/C17H13F2N3O/c1-9-6-10(2-4-13(9)19)15-8-17(22-21-15)12-7-11(18)3-5-14(12)20-16(17)23/h2-7,22H,8H2,1H3,(H,20,23). The van der Waals surface area contributed by atoms with Gasteiger partial charge in [0.25, 0.3) is 5.91 Å². The summed E-state index contributed by atoms with van der Waals surface area (Å²) in [7, 11) is 0. The molecule has 6 heteroatoms. The van der Waals surface area contributed by atoms with E-state index in [1.807, 2.05) is 0 Å². The number of nitrogens with one attached hydrogen (secondary N) is 2. The molecule has 0 saturated heterocycles. The van der Waals surface area contributed by atoms with E-state index in [1.165, 1.54) is 18.2 Å². The number of carbonyl (C=O) groups excluding carboxylic acids is 1. The maximum Gasteiger partial charge on any atom is 0.256 e. The summed E-state index contributed by atoms with van der Waals surface area (Å²) in [5.41, 5.74) is 4.77. The molecule has 4 rings (SSSR count). The van der Waals surface area contributed by atoms with E-state index in [4.69, 9.17) is 0 Å². The Hall–Kier alpha value is -2.76. The molecular weight excluding hydrogens is 300 g/mol. The minimum Gasteiger partial charge on any atom is -0.323 e. The van der Waals surface area contributed by atoms with Crippen molar-refractivity contribution in [3.8, 4) is 0 Å². The van der Waals surface area contributed by atoms with Crippen LogP contribution in [0.3, 0.4) is 0 Å². The van der Waals surface area contributed by atoms with Crippen molar-refractivity contribution in [1.82, 2.24) is 5.43 Å². The van der Waals surface area contributed by atoms with Gasteiger partial charge in [0.1, 0.15) is 11.6 Å². The van der Waals surface area contributed by atoms with Gasteiger partial charge < -0.3 is 5.32 Å². The molecule has 2 aromatic rings. The number of rotatable bonds is 1. The molecule has 0 fully saturated rings. The van der Waals surface area contributed by atoms with Gasteiger partial charge in [0.05, 0.1) is 5.71 Å². The van der Waals surface area contributed by atoms with E-state index < -0.39 is 11.4 Å². The molecule has 1 spiro atoms. The van der Waals surface area contributed by atoms with Gasteiger partial charge in [0, 0.05) is 17.7 Å². The molecule has 116 valence electrons. The average Bonchev–Trinajstić information content (AvgIpc) is 3.08. The summed E-state index contributed by atoms with van der Waals surface area (Å²) in [6.07, 6.45) is 0.278. The van der Waals surface area contributed by atoms with Crippen LogP contribution in [0.5, 0.6) is 0 Å². The molecule has 1 unspecified atom stereocenters. The first-order chi connectivity index (χ1) is 11.0. The SMILES string of the molecule is Cc1cc(C2=NNC3(C2)C(=O)Nc2ccc(F)cc23)ccc1F. The molecule has 2 aliphatic rings. The Kier molecular flexibility index (Phi) is 2.78. The second-order valence-corrected chi connectivity index (χ2v) is 5.86. The molecule has 23 heavy (non-hydrogen) atoms. The molecule has 0 aromatic heterocycles. The second kappa shape index (κ2) is 4.62. The highest BCUT2D eigenvalue weighted by molar-refractivity contribution is 6.13. The normalized spacial score (nSPS) is 21.9. The van der Waals surface area contributed by atoms with Crippen LogP contribution in [0.2, 0.25) is 0 Å². The zero-order valence-electron chi connectivity index (χ0n) is 12.3. The lowest BCUT2D eigenvalue weighted by atomic mass is 9.86. The zero-order chi connectivity index (χ0) is 16.2. The second-order valence-electron chi connectivity index (χ2n) is 5.86. The first kappa shape index (κ1) is 13.9. The monoisotopic (exact) mass is 313 g/mol. The number of anilines is 1. The van der Waals surface area contributed by atoms with Crippen molar-refractivity contribution in [2.45, 2.75) is 18.9 Å². The lowest BCUT2D eigenvalue weighted by molar-refractivity contribution is -0.121. The highest BCUT2D eigenvalue weighted by Crippen LogP contribution is 2.41. The fourth-order valence-corrected chi connectivity index (χ4v) is 3.10. The predicted molar refractivity (Wildman–Crippen MR) is 82.1 cm³/mol. The molecule has 0 aliphatic carbocycles. The third-order valence-electron chi connectivity index (χ3n) is 4.38. The fraction of sp³-hybridized carbons (Fsp3) is 0.176. The molecule has 0 radical (unpaired) electrons. The minimum atomic E-state index is -1.10. The molecule has 0 saturated carbocycles. The number of fused-ring (bicyclic) bond motifs is 2. The smallest absolute Gasteiger partial charge is 0.256 e. The van der Waals surface area contributed by atoms with Crippen LogP contribution < -0.4 is 10.7 Å². The Morgan fingerprint density at radius 1 is 1.17 bits per heavy atom. The molecule has 1 atom stereocenters. The Labute approximate surface area is 131 Å². The number of nitrogens with zero attached hydrogens (tertiary/aromatic N) is 1. The third-order valence-corrected chi connectivity index (χ3v) is 4.38. The Morgan fingerprint density at radius 2 is 2.00 bits per heavy atom. The largest absolute Gasteiger partial charge is 0.323 e. The van der Waals surface area contributed by atoms with Crippen LogP contribution in [0.15, 0.2) is 41.5 Å². The van der Waals surface area contributed by atoms with Crippen molar-refractivity contribution in [3.05, 3.63) is 64.7 Å². The average molecular weight is 313 g/mol. The number of amides is 1. The first-order valence-corrected chi connectivity index (χ1v) is 7.21. The van der Waals surface area contributed by atoms with Gasteiger partial charge in [-0.1, -0.05) is 6.07 Å². The Balaban J connectivity index is 1.73. The summed E-state index contributed by atoms with van der Waals surface area (Å²) in [5.74, 6) is -0.968. The summed E-state index contributed by atoms with van der Waals surface area (Å²) < 4.78 is 27.0. The van der Waals surface area contributed by atoms with Crippen LogP contribution in [0.4, 0.5) is 14.5 Å². The van der Waals surface area contributed by atoms with Gasteiger partial charge in [0.2, 0.25) is 0 Å². The van der Waals surface area contributed by atoms with E-state index in [9.17, 15) is 13.6 Å². The van der Waals surface area contributed by atoms with Crippen LogP contribution in [-0.2, 0) is 10.3 Å². The van der Waals surface area contributed by atoms with Crippen molar-refractivity contribution < 1.29 is 13.6 Å². The summed E-state index contributed by atoms with van der Waals surface area (Å²) >= 11 is 0. The van der Waals surface area contributed by atoms with Gasteiger partial charge in [0.15, 0.2) is 5.54 Å². The van der Waals surface area contributed by atoms with Gasteiger partial charge >= 0.3 is 0 Å². The zero-order valence-corrected chi connectivity index (χ0v) is 12.3. The summed E-state index contributed by atoms with van der Waals surface area (Å²) in [6, 6.07) is 8.88. The number of hydrogen-bond donors (Lipinski definition) is 2. The summed E-state index contributed by atoms with van der Waals surface area (Å²) in [4.78, 5) is 12.4. The van der Waals surface area contributed by atoms with Crippen molar-refractivity contribution in [2.24, 2.45) is 5.10 Å². The Morgan fingerprint density at radius 3 is 2.78 bits per heavy atom. The fourth-order valence-electron chi connectivity index (χ4n) is 3.10. The minimum absolute atomic E-state index is 0.268. The topological polar surface area (TPSA) is 53.5 Å². The first-order valence-electron chi connectivity index (χ1n) is 7.21. The van der Waals surface area contributed by atoms with Crippen molar-refractivity contribution >= 4 is 17.3 Å². The van der Waals surface area contributed by atoms with Crippen molar-refractivity contribution in [3.63, 3.8) is 0 Å². The lowest BCUT2D eigenvalue weighted by Gasteiger charge is -2.20. The maximum atomic E-state index is 13.6. The molecular formula is C17H13F2N3O. The van der Waals surface area contributed by atoms with E-state index in [0.717, 1.165) is 5.56 Å². The number of carbonyl (C=O) groups is 1. The maximum absolute atomic E-state index is 13.6. The Bertz CT molecular complexity index is 878. The number of halogens is 2. The molecule has 2 N–H and O–H groups in total.